The van der Waals surface area contributed by atoms with Crippen molar-refractivity contribution in [2.24, 2.45) is 0 Å². The smallest absolute Gasteiger partial charge is 0.152 e. The molecule has 37 heavy (non-hydrogen) atoms. The molecule has 0 aliphatic carbocycles. The fourth-order valence-electron chi connectivity index (χ4n) is 4.01. The van der Waals surface area contributed by atoms with Crippen LogP contribution in [0.2, 0.25) is 10.0 Å². The lowest BCUT2D eigenvalue weighted by Crippen LogP contribution is -2.10. The van der Waals surface area contributed by atoms with Crippen LogP contribution in [-0.2, 0) is 17.8 Å². The Hall–Kier alpha value is -2.25. The Bertz CT molecular complexity index is 1360. The predicted molar refractivity (Wildman–Crippen MR) is 162 cm³/mol. The molecule has 0 saturated heterocycles. The Kier molecular flexibility index (Phi) is 12.5. The molecule has 0 atom stereocenters. The third-order valence-electron chi connectivity index (χ3n) is 5.65. The molecule has 0 amide bonds. The van der Waals surface area contributed by atoms with Crippen molar-refractivity contribution in [3.8, 4) is 16.9 Å². The van der Waals surface area contributed by atoms with E-state index in [1.165, 1.54) is 5.56 Å². The van der Waals surface area contributed by atoms with Crippen LogP contribution in [0.3, 0.4) is 0 Å². The van der Waals surface area contributed by atoms with Crippen molar-refractivity contribution in [2.45, 2.75) is 19.9 Å². The van der Waals surface area contributed by atoms with Gasteiger partial charge in [-0.2, -0.15) is 0 Å². The van der Waals surface area contributed by atoms with Gasteiger partial charge in [-0.15, -0.1) is 37.2 Å². The molecule has 4 rings (SSSR count). The molecule has 0 aliphatic heterocycles. The van der Waals surface area contributed by atoms with E-state index >= 15 is 0 Å². The normalized spacial score (nSPS) is 10.3. The summed E-state index contributed by atoms with van der Waals surface area (Å²) in [4.78, 5) is 18.1. The van der Waals surface area contributed by atoms with Gasteiger partial charge in [0, 0.05) is 35.8 Å². The second kappa shape index (κ2) is 14.1. The van der Waals surface area contributed by atoms with E-state index in [-0.39, 0.29) is 59.4 Å². The lowest BCUT2D eigenvalue weighted by Gasteiger charge is -2.17. The number of hydrogen-bond acceptors (Lipinski definition) is 5. The number of pyridine rings is 1. The SMILES string of the molecule is Cc1cc2ncc(CC=O)c(Nc3ccc(CN(C)C)cc3)c2cc1-c1cc(Cl)c(O)c(Cl)c1.Cl.Cl.Cl. The number of anilines is 2. The van der Waals surface area contributed by atoms with Crippen LogP contribution in [0.25, 0.3) is 22.0 Å². The minimum atomic E-state index is -0.138. The lowest BCUT2D eigenvalue weighted by atomic mass is 9.96. The van der Waals surface area contributed by atoms with E-state index in [0.717, 1.165) is 57.4 Å². The topological polar surface area (TPSA) is 65.5 Å². The number of phenols is 1. The molecule has 0 spiro atoms. The highest BCUT2D eigenvalue weighted by Gasteiger charge is 2.15. The van der Waals surface area contributed by atoms with Crippen molar-refractivity contribution in [2.75, 3.05) is 19.4 Å². The summed E-state index contributed by atoms with van der Waals surface area (Å²) in [7, 11) is 4.07. The molecule has 0 aliphatic rings. The number of aromatic nitrogens is 1. The first kappa shape index (κ1) is 32.8. The quantitative estimate of drug-likeness (QED) is 0.209. The van der Waals surface area contributed by atoms with Gasteiger partial charge < -0.3 is 20.1 Å². The number of carbonyl (C=O) groups is 1. The van der Waals surface area contributed by atoms with E-state index in [1.807, 2.05) is 45.3 Å². The third-order valence-corrected chi connectivity index (χ3v) is 6.22. The number of hydrogen-bond donors (Lipinski definition) is 2. The van der Waals surface area contributed by atoms with Crippen LogP contribution in [0, 0.1) is 6.92 Å². The molecule has 5 nitrogen and oxygen atoms in total. The van der Waals surface area contributed by atoms with E-state index in [0.29, 0.717) is 0 Å². The van der Waals surface area contributed by atoms with E-state index in [2.05, 4.69) is 27.3 Å². The number of carbonyl (C=O) groups excluding carboxylic acids is 1. The first-order chi connectivity index (χ1) is 16.3. The van der Waals surface area contributed by atoms with Gasteiger partial charge in [-0.3, -0.25) is 4.98 Å². The maximum atomic E-state index is 11.4. The number of rotatable bonds is 7. The molecule has 0 unspecified atom stereocenters. The van der Waals surface area contributed by atoms with Crippen molar-refractivity contribution < 1.29 is 9.90 Å². The standard InChI is InChI=1S/C27H25Cl2N3O2.3ClH/c1-16-10-25-22(13-21(16)19-11-23(28)27(34)24(29)12-19)26(18(8-9-33)14-30-25)31-20-6-4-17(5-7-20)15-32(2)3;;;/h4-7,9-14,34H,8,15H2,1-3H3,(H,30,31);3*1H. The predicted octanol–water partition coefficient (Wildman–Crippen LogP) is 8.03. The minimum Gasteiger partial charge on any atom is -0.505 e. The molecule has 2 N–H and O–H groups in total. The average molecular weight is 604 g/mol. The molecule has 1 aromatic heterocycles. The zero-order valence-corrected chi connectivity index (χ0v) is 24.4. The second-order valence-corrected chi connectivity index (χ2v) is 9.38. The number of phenolic OH excluding ortho intramolecular Hbond substituents is 1. The van der Waals surface area contributed by atoms with Gasteiger partial charge in [-0.05, 0) is 79.7 Å². The average Bonchev–Trinajstić information content (AvgIpc) is 2.79. The highest BCUT2D eigenvalue weighted by Crippen LogP contribution is 2.40. The summed E-state index contributed by atoms with van der Waals surface area (Å²) in [6.07, 6.45) is 2.86. The van der Waals surface area contributed by atoms with Crippen LogP contribution >= 0.6 is 60.4 Å². The molecule has 0 fully saturated rings. The molecular weight excluding hydrogens is 576 g/mol. The van der Waals surface area contributed by atoms with Gasteiger partial charge in [-0.25, -0.2) is 0 Å². The zero-order valence-electron chi connectivity index (χ0n) is 20.4. The maximum absolute atomic E-state index is 11.4. The summed E-state index contributed by atoms with van der Waals surface area (Å²) in [6, 6.07) is 15.6. The summed E-state index contributed by atoms with van der Waals surface area (Å²) in [5.41, 5.74) is 7.24. The fraction of sp³-hybridized carbons (Fsp3) is 0.185. The molecule has 0 radical (unpaired) electrons. The van der Waals surface area contributed by atoms with Gasteiger partial charge in [-0.1, -0.05) is 35.3 Å². The Morgan fingerprint density at radius 1 is 1.00 bits per heavy atom. The Labute approximate surface area is 245 Å². The molecule has 0 bridgehead atoms. The van der Waals surface area contributed by atoms with Gasteiger partial charge >= 0.3 is 0 Å². The molecule has 4 aromatic rings. The third kappa shape index (κ3) is 7.41. The Balaban J connectivity index is 0.00000228. The van der Waals surface area contributed by atoms with Gasteiger partial charge in [0.15, 0.2) is 5.75 Å². The van der Waals surface area contributed by atoms with Gasteiger partial charge in [0.2, 0.25) is 0 Å². The molecular formula is C27H28Cl5N3O2. The number of halogens is 5. The number of aromatic hydroxyl groups is 1. The monoisotopic (exact) mass is 601 g/mol. The van der Waals surface area contributed by atoms with Gasteiger partial charge in [0.25, 0.3) is 0 Å². The largest absolute Gasteiger partial charge is 0.505 e. The van der Waals surface area contributed by atoms with Crippen LogP contribution in [0.4, 0.5) is 11.4 Å². The van der Waals surface area contributed by atoms with Crippen molar-refractivity contribution in [3.63, 3.8) is 0 Å². The first-order valence-corrected chi connectivity index (χ1v) is 11.6. The maximum Gasteiger partial charge on any atom is 0.152 e. The minimum absolute atomic E-state index is 0. The fourth-order valence-corrected chi connectivity index (χ4v) is 4.50. The number of nitrogens with zero attached hydrogens (tertiary/aromatic N) is 2. The number of benzene rings is 3. The van der Waals surface area contributed by atoms with Crippen molar-refractivity contribution in [3.05, 3.63) is 81.5 Å². The van der Waals surface area contributed by atoms with E-state index in [4.69, 9.17) is 23.2 Å². The highest BCUT2D eigenvalue weighted by atomic mass is 35.5. The zero-order chi connectivity index (χ0) is 24.4. The highest BCUT2D eigenvalue weighted by molar-refractivity contribution is 6.37. The van der Waals surface area contributed by atoms with Crippen molar-refractivity contribution in [1.29, 1.82) is 0 Å². The van der Waals surface area contributed by atoms with E-state index in [1.54, 1.807) is 18.3 Å². The second-order valence-electron chi connectivity index (χ2n) is 8.56. The number of fused-ring (bicyclic) bond motifs is 1. The number of aryl methyl sites for hydroxylation is 1. The molecule has 1 heterocycles. The first-order valence-electron chi connectivity index (χ1n) is 10.8. The Morgan fingerprint density at radius 3 is 2.19 bits per heavy atom. The summed E-state index contributed by atoms with van der Waals surface area (Å²) >= 11 is 12.4. The van der Waals surface area contributed by atoms with Crippen molar-refractivity contribution in [1.82, 2.24) is 9.88 Å². The molecule has 3 aromatic carbocycles. The van der Waals surface area contributed by atoms with Crippen LogP contribution in [-0.4, -0.2) is 35.4 Å². The van der Waals surface area contributed by atoms with Crippen LogP contribution in [0.15, 0.2) is 54.7 Å². The summed E-state index contributed by atoms with van der Waals surface area (Å²) in [5.74, 6) is -0.138. The summed E-state index contributed by atoms with van der Waals surface area (Å²) < 4.78 is 0. The number of aldehydes is 1. The molecule has 198 valence electrons. The summed E-state index contributed by atoms with van der Waals surface area (Å²) in [5, 5.41) is 14.7. The van der Waals surface area contributed by atoms with Gasteiger partial charge in [0.05, 0.1) is 21.2 Å². The van der Waals surface area contributed by atoms with E-state index in [9.17, 15) is 9.90 Å². The number of nitrogens with one attached hydrogen (secondary N) is 1. The molecule has 10 heteroatoms. The molecule has 0 saturated carbocycles. The van der Waals surface area contributed by atoms with Crippen LogP contribution < -0.4 is 5.32 Å². The van der Waals surface area contributed by atoms with Gasteiger partial charge in [0.1, 0.15) is 6.29 Å². The summed E-state index contributed by atoms with van der Waals surface area (Å²) in [6.45, 7) is 2.84. The van der Waals surface area contributed by atoms with Crippen molar-refractivity contribution >= 4 is 89.0 Å². The van der Waals surface area contributed by atoms with Crippen LogP contribution in [0.5, 0.6) is 5.75 Å². The van der Waals surface area contributed by atoms with Crippen LogP contribution in [0.1, 0.15) is 16.7 Å². The van der Waals surface area contributed by atoms with E-state index < -0.39 is 0 Å². The lowest BCUT2D eigenvalue weighted by molar-refractivity contribution is -0.107. The Morgan fingerprint density at radius 2 is 1.62 bits per heavy atom.